The minimum absolute atomic E-state index is 0.0387. The summed E-state index contributed by atoms with van der Waals surface area (Å²) in [5.41, 5.74) is 3.07. The van der Waals surface area contributed by atoms with E-state index in [-0.39, 0.29) is 24.8 Å². The van der Waals surface area contributed by atoms with Crippen LogP contribution in [0.4, 0.5) is 5.69 Å². The maximum Gasteiger partial charge on any atom is 0.224 e. The molecule has 142 valence electrons. The average Bonchev–Trinajstić information content (AvgIpc) is 2.67. The standard InChI is InChI=1S/C21H23ClN2O3/c1-15(25)24(19-13-18(22)7-8-20(19)27-2)12-10-21(26)23-11-9-16-5-3-4-6-17(16)14-23/h3-8,13H,9-12,14H2,1-2H3. The van der Waals surface area contributed by atoms with Gasteiger partial charge in [0.15, 0.2) is 0 Å². The number of hydrogen-bond donors (Lipinski definition) is 0. The van der Waals surface area contributed by atoms with Crippen molar-refractivity contribution in [1.82, 2.24) is 4.90 Å². The Morgan fingerprint density at radius 2 is 1.93 bits per heavy atom. The Kier molecular flexibility index (Phi) is 6.01. The molecule has 0 unspecified atom stereocenters. The van der Waals surface area contributed by atoms with Gasteiger partial charge in [0.25, 0.3) is 0 Å². The molecule has 0 bridgehead atoms. The van der Waals surface area contributed by atoms with E-state index in [0.29, 0.717) is 29.5 Å². The minimum atomic E-state index is -0.160. The summed E-state index contributed by atoms with van der Waals surface area (Å²) in [4.78, 5) is 28.3. The van der Waals surface area contributed by atoms with Gasteiger partial charge in [-0.2, -0.15) is 0 Å². The number of carbonyl (C=O) groups is 2. The Morgan fingerprint density at radius 3 is 2.63 bits per heavy atom. The van der Waals surface area contributed by atoms with Crippen LogP contribution in [0.2, 0.25) is 5.02 Å². The van der Waals surface area contributed by atoms with E-state index in [1.165, 1.54) is 18.1 Å². The molecule has 0 N–H and O–H groups in total. The molecule has 2 amide bonds. The predicted molar refractivity (Wildman–Crippen MR) is 106 cm³/mol. The minimum Gasteiger partial charge on any atom is -0.495 e. The van der Waals surface area contributed by atoms with Crippen LogP contribution < -0.4 is 9.64 Å². The average molecular weight is 387 g/mol. The molecular formula is C21H23ClN2O3. The van der Waals surface area contributed by atoms with Crippen molar-refractivity contribution in [2.45, 2.75) is 26.3 Å². The van der Waals surface area contributed by atoms with Crippen LogP contribution in [0.25, 0.3) is 0 Å². The van der Waals surface area contributed by atoms with Crippen molar-refractivity contribution in [3.8, 4) is 5.75 Å². The van der Waals surface area contributed by atoms with Crippen LogP contribution >= 0.6 is 11.6 Å². The van der Waals surface area contributed by atoms with Crippen LogP contribution in [-0.2, 0) is 22.6 Å². The first-order valence-electron chi connectivity index (χ1n) is 8.96. The van der Waals surface area contributed by atoms with Crippen molar-refractivity contribution < 1.29 is 14.3 Å². The van der Waals surface area contributed by atoms with Gasteiger partial charge in [-0.05, 0) is 35.7 Å². The van der Waals surface area contributed by atoms with E-state index < -0.39 is 0 Å². The van der Waals surface area contributed by atoms with Crippen LogP contribution in [0.5, 0.6) is 5.75 Å². The van der Waals surface area contributed by atoms with E-state index in [9.17, 15) is 9.59 Å². The Hall–Kier alpha value is -2.53. The molecule has 27 heavy (non-hydrogen) atoms. The maximum atomic E-state index is 12.7. The number of methoxy groups -OCH3 is 1. The zero-order valence-corrected chi connectivity index (χ0v) is 16.3. The van der Waals surface area contributed by atoms with E-state index >= 15 is 0 Å². The van der Waals surface area contributed by atoms with Gasteiger partial charge >= 0.3 is 0 Å². The van der Waals surface area contributed by atoms with Gasteiger partial charge in [0.1, 0.15) is 5.75 Å². The molecule has 0 aromatic heterocycles. The summed E-state index contributed by atoms with van der Waals surface area (Å²) in [6, 6.07) is 13.3. The number of fused-ring (bicyclic) bond motifs is 1. The molecule has 3 rings (SSSR count). The fourth-order valence-electron chi connectivity index (χ4n) is 3.40. The van der Waals surface area contributed by atoms with Gasteiger partial charge in [0.05, 0.1) is 12.8 Å². The lowest BCUT2D eigenvalue weighted by atomic mass is 10.00. The number of hydrogen-bond acceptors (Lipinski definition) is 3. The molecule has 2 aromatic rings. The van der Waals surface area contributed by atoms with E-state index in [1.54, 1.807) is 30.2 Å². The van der Waals surface area contributed by atoms with Gasteiger partial charge in [-0.25, -0.2) is 0 Å². The molecule has 1 aliphatic rings. The van der Waals surface area contributed by atoms with Crippen molar-refractivity contribution in [2.75, 3.05) is 25.1 Å². The highest BCUT2D eigenvalue weighted by molar-refractivity contribution is 6.31. The normalized spacial score (nSPS) is 13.1. The molecule has 1 heterocycles. The summed E-state index contributed by atoms with van der Waals surface area (Å²) in [6.07, 6.45) is 1.11. The first-order valence-corrected chi connectivity index (χ1v) is 9.33. The monoisotopic (exact) mass is 386 g/mol. The molecule has 5 nitrogen and oxygen atoms in total. The third-order valence-electron chi connectivity index (χ3n) is 4.84. The fraction of sp³-hybridized carbons (Fsp3) is 0.333. The largest absolute Gasteiger partial charge is 0.495 e. The number of anilines is 1. The van der Waals surface area contributed by atoms with Crippen molar-refractivity contribution in [3.63, 3.8) is 0 Å². The summed E-state index contributed by atoms with van der Waals surface area (Å²) in [5.74, 6) is 0.429. The highest BCUT2D eigenvalue weighted by Gasteiger charge is 2.23. The first-order chi connectivity index (χ1) is 13.0. The second kappa shape index (κ2) is 8.44. The van der Waals surface area contributed by atoms with Crippen LogP contribution in [-0.4, -0.2) is 36.9 Å². The second-order valence-electron chi connectivity index (χ2n) is 6.57. The lowest BCUT2D eigenvalue weighted by Crippen LogP contribution is -2.39. The Bertz CT molecular complexity index is 853. The highest BCUT2D eigenvalue weighted by Crippen LogP contribution is 2.31. The lowest BCUT2D eigenvalue weighted by molar-refractivity contribution is -0.131. The smallest absolute Gasteiger partial charge is 0.224 e. The number of ether oxygens (including phenoxy) is 1. The van der Waals surface area contributed by atoms with E-state index in [1.807, 2.05) is 17.0 Å². The molecule has 0 saturated heterocycles. The van der Waals surface area contributed by atoms with Gasteiger partial charge in [-0.15, -0.1) is 0 Å². The molecule has 6 heteroatoms. The topological polar surface area (TPSA) is 49.9 Å². The van der Waals surface area contributed by atoms with Crippen molar-refractivity contribution in [2.24, 2.45) is 0 Å². The van der Waals surface area contributed by atoms with Crippen molar-refractivity contribution >= 4 is 29.1 Å². The Labute approximate surface area is 164 Å². The third-order valence-corrected chi connectivity index (χ3v) is 5.08. The fourth-order valence-corrected chi connectivity index (χ4v) is 3.56. The number of halogens is 1. The predicted octanol–water partition coefficient (Wildman–Crippen LogP) is 3.68. The van der Waals surface area contributed by atoms with E-state index in [4.69, 9.17) is 16.3 Å². The molecule has 0 fully saturated rings. The number of rotatable bonds is 5. The number of benzene rings is 2. The zero-order valence-electron chi connectivity index (χ0n) is 15.6. The number of nitrogens with zero attached hydrogens (tertiary/aromatic N) is 2. The van der Waals surface area contributed by atoms with Crippen molar-refractivity contribution in [3.05, 3.63) is 58.6 Å². The van der Waals surface area contributed by atoms with Gasteiger partial charge in [-0.1, -0.05) is 35.9 Å². The Balaban J connectivity index is 1.69. The maximum absolute atomic E-state index is 12.7. The quantitative estimate of drug-likeness (QED) is 0.787. The summed E-state index contributed by atoms with van der Waals surface area (Å²) in [5, 5.41) is 0.510. The molecule has 0 aliphatic carbocycles. The Morgan fingerprint density at radius 1 is 1.19 bits per heavy atom. The molecule has 0 spiro atoms. The summed E-state index contributed by atoms with van der Waals surface area (Å²) in [6.45, 7) is 3.08. The van der Waals surface area contributed by atoms with Gasteiger partial charge in [-0.3, -0.25) is 9.59 Å². The highest BCUT2D eigenvalue weighted by atomic mass is 35.5. The van der Waals surface area contributed by atoms with E-state index in [2.05, 4.69) is 12.1 Å². The second-order valence-corrected chi connectivity index (χ2v) is 7.01. The summed E-state index contributed by atoms with van der Waals surface area (Å²) >= 11 is 6.09. The van der Waals surface area contributed by atoms with Gasteiger partial charge < -0.3 is 14.5 Å². The van der Waals surface area contributed by atoms with Crippen molar-refractivity contribution in [1.29, 1.82) is 0 Å². The van der Waals surface area contributed by atoms with Crippen LogP contribution in [0, 0.1) is 0 Å². The first kappa shape index (κ1) is 19.2. The van der Waals surface area contributed by atoms with Gasteiger partial charge in [0.2, 0.25) is 11.8 Å². The summed E-state index contributed by atoms with van der Waals surface area (Å²) < 4.78 is 5.35. The summed E-state index contributed by atoms with van der Waals surface area (Å²) in [7, 11) is 1.54. The third kappa shape index (κ3) is 4.42. The SMILES string of the molecule is COc1ccc(Cl)cc1N(CCC(=O)N1CCc2ccccc2C1)C(C)=O. The zero-order chi connectivity index (χ0) is 19.4. The number of amides is 2. The van der Waals surface area contributed by atoms with E-state index in [0.717, 1.165) is 6.42 Å². The number of carbonyl (C=O) groups excluding carboxylic acids is 2. The molecule has 0 saturated carbocycles. The van der Waals surface area contributed by atoms with Crippen LogP contribution in [0.1, 0.15) is 24.5 Å². The lowest BCUT2D eigenvalue weighted by Gasteiger charge is -2.30. The molecule has 1 aliphatic heterocycles. The molecular weight excluding hydrogens is 364 g/mol. The molecule has 0 radical (unpaired) electrons. The molecule has 2 aromatic carbocycles. The van der Waals surface area contributed by atoms with Gasteiger partial charge in [0, 0.05) is 38.0 Å². The van der Waals surface area contributed by atoms with Crippen LogP contribution in [0.3, 0.4) is 0 Å². The molecule has 0 atom stereocenters. The van der Waals surface area contributed by atoms with Crippen LogP contribution in [0.15, 0.2) is 42.5 Å².